The van der Waals surface area contributed by atoms with Gasteiger partial charge < -0.3 is 10.1 Å². The van der Waals surface area contributed by atoms with Crippen LogP contribution in [0.3, 0.4) is 0 Å². The van der Waals surface area contributed by atoms with Gasteiger partial charge in [0.05, 0.1) is 6.10 Å². The van der Waals surface area contributed by atoms with Gasteiger partial charge in [-0.15, -0.1) is 0 Å². The van der Waals surface area contributed by atoms with E-state index in [1.807, 2.05) is 0 Å². The third kappa shape index (κ3) is 4.98. The molecule has 1 saturated heterocycles. The van der Waals surface area contributed by atoms with Gasteiger partial charge >= 0.3 is 0 Å². The van der Waals surface area contributed by atoms with Crippen LogP contribution >= 0.6 is 0 Å². The van der Waals surface area contributed by atoms with E-state index in [1.54, 1.807) is 0 Å². The van der Waals surface area contributed by atoms with Crippen LogP contribution in [0.25, 0.3) is 0 Å². The third-order valence-electron chi connectivity index (χ3n) is 3.54. The highest BCUT2D eigenvalue weighted by Crippen LogP contribution is 2.20. The van der Waals surface area contributed by atoms with Gasteiger partial charge in [-0.3, -0.25) is 0 Å². The molecule has 1 rings (SSSR count). The Morgan fingerprint density at radius 3 is 2.80 bits per heavy atom. The summed E-state index contributed by atoms with van der Waals surface area (Å²) in [6.45, 7) is 9.00. The Morgan fingerprint density at radius 1 is 1.40 bits per heavy atom. The molecule has 0 amide bonds. The number of ether oxygens (including phenoxy) is 1. The minimum atomic E-state index is 0.561. The van der Waals surface area contributed by atoms with E-state index in [0.29, 0.717) is 12.1 Å². The fraction of sp³-hybridized carbons (Fsp3) is 1.00. The molecule has 1 heterocycles. The fourth-order valence-electron chi connectivity index (χ4n) is 2.14. The van der Waals surface area contributed by atoms with Crippen molar-refractivity contribution in [1.29, 1.82) is 0 Å². The zero-order valence-corrected chi connectivity index (χ0v) is 10.6. The van der Waals surface area contributed by atoms with Gasteiger partial charge in [0.2, 0.25) is 0 Å². The largest absolute Gasteiger partial charge is 0.378 e. The molecule has 1 aliphatic rings. The van der Waals surface area contributed by atoms with Crippen molar-refractivity contribution >= 4 is 0 Å². The van der Waals surface area contributed by atoms with E-state index in [2.05, 4.69) is 26.1 Å². The first-order valence-corrected chi connectivity index (χ1v) is 6.59. The smallest absolute Gasteiger partial charge is 0.0576 e. The number of rotatable bonds is 7. The van der Waals surface area contributed by atoms with Crippen LogP contribution in [-0.2, 0) is 4.74 Å². The number of hydrogen-bond donors (Lipinski definition) is 1. The predicted molar refractivity (Wildman–Crippen MR) is 65.1 cm³/mol. The Kier molecular flexibility index (Phi) is 6.26. The topological polar surface area (TPSA) is 21.3 Å². The number of nitrogens with one attached hydrogen (secondary N) is 1. The lowest BCUT2D eigenvalue weighted by Crippen LogP contribution is -2.33. The Hall–Kier alpha value is -0.0800. The first kappa shape index (κ1) is 13.0. The lowest BCUT2D eigenvalue weighted by molar-refractivity contribution is 0.0971. The van der Waals surface area contributed by atoms with Gasteiger partial charge in [-0.25, -0.2) is 0 Å². The van der Waals surface area contributed by atoms with Crippen molar-refractivity contribution in [3.8, 4) is 0 Å². The summed E-state index contributed by atoms with van der Waals surface area (Å²) in [7, 11) is 0. The van der Waals surface area contributed by atoms with Crippen LogP contribution in [0.4, 0.5) is 0 Å². The number of hydrogen-bond acceptors (Lipinski definition) is 2. The summed E-state index contributed by atoms with van der Waals surface area (Å²) in [5.41, 5.74) is 0. The molecule has 0 bridgehead atoms. The summed E-state index contributed by atoms with van der Waals surface area (Å²) in [6, 6.07) is 0.645. The molecule has 2 heteroatoms. The van der Waals surface area contributed by atoms with Gasteiger partial charge in [0.15, 0.2) is 0 Å². The van der Waals surface area contributed by atoms with E-state index in [0.717, 1.165) is 19.1 Å². The minimum Gasteiger partial charge on any atom is -0.378 e. The Balaban J connectivity index is 2.08. The predicted octanol–water partition coefficient (Wildman–Crippen LogP) is 2.97. The summed E-state index contributed by atoms with van der Waals surface area (Å²) in [5.74, 6) is 0.765. The molecule has 90 valence electrons. The molecule has 1 fully saturated rings. The van der Waals surface area contributed by atoms with Crippen LogP contribution in [0, 0.1) is 5.92 Å². The van der Waals surface area contributed by atoms with E-state index < -0.39 is 0 Å². The second-order valence-electron chi connectivity index (χ2n) is 4.93. The van der Waals surface area contributed by atoms with E-state index in [-0.39, 0.29) is 0 Å². The maximum atomic E-state index is 5.64. The van der Waals surface area contributed by atoms with Crippen molar-refractivity contribution in [2.75, 3.05) is 13.2 Å². The lowest BCUT2D eigenvalue weighted by Gasteiger charge is -2.22. The second-order valence-corrected chi connectivity index (χ2v) is 4.93. The van der Waals surface area contributed by atoms with Crippen molar-refractivity contribution in [2.24, 2.45) is 5.92 Å². The standard InChI is InChI=1S/C13H27NO/c1-4-9-14-12(3)11(2)7-8-13-6-5-10-15-13/h11-14H,4-10H2,1-3H3. The van der Waals surface area contributed by atoms with Crippen molar-refractivity contribution in [3.05, 3.63) is 0 Å². The van der Waals surface area contributed by atoms with Gasteiger partial charge in [-0.1, -0.05) is 13.8 Å². The zero-order valence-electron chi connectivity index (χ0n) is 10.6. The molecule has 15 heavy (non-hydrogen) atoms. The monoisotopic (exact) mass is 213 g/mol. The molecule has 1 aliphatic heterocycles. The summed E-state index contributed by atoms with van der Waals surface area (Å²) in [4.78, 5) is 0. The Bertz CT molecular complexity index is 155. The molecular weight excluding hydrogens is 186 g/mol. The highest BCUT2D eigenvalue weighted by Gasteiger charge is 2.18. The van der Waals surface area contributed by atoms with Crippen LogP contribution in [0.1, 0.15) is 52.9 Å². The van der Waals surface area contributed by atoms with Crippen molar-refractivity contribution in [1.82, 2.24) is 5.32 Å². The minimum absolute atomic E-state index is 0.561. The van der Waals surface area contributed by atoms with Crippen LogP contribution < -0.4 is 5.32 Å². The average Bonchev–Trinajstić information content (AvgIpc) is 2.75. The second kappa shape index (κ2) is 7.24. The maximum absolute atomic E-state index is 5.64. The molecule has 0 aromatic carbocycles. The molecule has 3 atom stereocenters. The first-order valence-electron chi connectivity index (χ1n) is 6.59. The SMILES string of the molecule is CCCNC(C)C(C)CCC1CCCO1. The Labute approximate surface area is 94.8 Å². The van der Waals surface area contributed by atoms with Crippen molar-refractivity contribution in [2.45, 2.75) is 65.0 Å². The molecule has 0 aromatic rings. The van der Waals surface area contributed by atoms with Gasteiger partial charge in [0, 0.05) is 12.6 Å². The summed E-state index contributed by atoms with van der Waals surface area (Å²) >= 11 is 0. The normalized spacial score (nSPS) is 25.4. The van der Waals surface area contributed by atoms with E-state index in [9.17, 15) is 0 Å². The highest BCUT2D eigenvalue weighted by molar-refractivity contribution is 4.72. The van der Waals surface area contributed by atoms with Crippen LogP contribution in [0.2, 0.25) is 0 Å². The lowest BCUT2D eigenvalue weighted by atomic mass is 9.95. The Morgan fingerprint density at radius 2 is 2.20 bits per heavy atom. The zero-order chi connectivity index (χ0) is 11.1. The van der Waals surface area contributed by atoms with E-state index >= 15 is 0 Å². The van der Waals surface area contributed by atoms with Gasteiger partial charge in [-0.2, -0.15) is 0 Å². The molecule has 2 nitrogen and oxygen atoms in total. The third-order valence-corrected chi connectivity index (χ3v) is 3.54. The summed E-state index contributed by atoms with van der Waals surface area (Å²) in [6.07, 6.45) is 6.88. The van der Waals surface area contributed by atoms with Crippen molar-refractivity contribution < 1.29 is 4.74 Å². The molecule has 3 unspecified atom stereocenters. The molecule has 0 spiro atoms. The molecule has 1 N–H and O–H groups in total. The quantitative estimate of drug-likeness (QED) is 0.702. The summed E-state index contributed by atoms with van der Waals surface area (Å²) < 4.78 is 5.64. The maximum Gasteiger partial charge on any atom is 0.0576 e. The van der Waals surface area contributed by atoms with Gasteiger partial charge in [0.1, 0.15) is 0 Å². The molecule has 0 aliphatic carbocycles. The highest BCUT2D eigenvalue weighted by atomic mass is 16.5. The van der Waals surface area contributed by atoms with Crippen LogP contribution in [0.5, 0.6) is 0 Å². The van der Waals surface area contributed by atoms with E-state index in [1.165, 1.54) is 32.1 Å². The van der Waals surface area contributed by atoms with Crippen LogP contribution in [0.15, 0.2) is 0 Å². The molecule has 0 aromatic heterocycles. The van der Waals surface area contributed by atoms with Crippen LogP contribution in [-0.4, -0.2) is 25.3 Å². The molecule has 0 radical (unpaired) electrons. The summed E-state index contributed by atoms with van der Waals surface area (Å²) in [5, 5.41) is 3.57. The molecular formula is C13H27NO. The van der Waals surface area contributed by atoms with Crippen molar-refractivity contribution in [3.63, 3.8) is 0 Å². The van der Waals surface area contributed by atoms with E-state index in [4.69, 9.17) is 4.74 Å². The fourth-order valence-corrected chi connectivity index (χ4v) is 2.14. The average molecular weight is 213 g/mol. The molecule has 0 saturated carbocycles. The first-order chi connectivity index (χ1) is 7.24. The van der Waals surface area contributed by atoms with Gasteiger partial charge in [0.25, 0.3) is 0 Å². The van der Waals surface area contributed by atoms with Gasteiger partial charge in [-0.05, 0) is 51.5 Å².